The molecule has 5 rings (SSSR count). The summed E-state index contributed by atoms with van der Waals surface area (Å²) in [6, 6.07) is 13.7. The van der Waals surface area contributed by atoms with Gasteiger partial charge in [-0.25, -0.2) is 9.78 Å². The Hall–Kier alpha value is -4.64. The number of hydrogen-bond acceptors (Lipinski definition) is 7. The number of carboxylic acids is 1. The van der Waals surface area contributed by atoms with Crippen molar-refractivity contribution in [2.45, 2.75) is 6.04 Å². The number of hydrogen-bond donors (Lipinski definition) is 4. The highest BCUT2D eigenvalue weighted by atomic mass is 79.9. The molecule has 0 bridgehead atoms. The normalized spacial score (nSPS) is 16.9. The van der Waals surface area contributed by atoms with E-state index in [1.54, 1.807) is 18.2 Å². The third-order valence-electron chi connectivity index (χ3n) is 6.02. The fraction of sp³-hybridized carbons (Fsp3) is 0.0769. The number of rotatable bonds is 5. The lowest BCUT2D eigenvalue weighted by molar-refractivity contribution is -0.132. The Morgan fingerprint density at radius 1 is 1.03 bits per heavy atom. The minimum absolute atomic E-state index is 0.00678. The van der Waals surface area contributed by atoms with Crippen LogP contribution in [0.25, 0.3) is 16.8 Å². The number of carboxylic acid groups (broad SMARTS) is 1. The quantitative estimate of drug-likeness (QED) is 0.159. The highest BCUT2D eigenvalue weighted by molar-refractivity contribution is 9.10. The number of carbonyl (C=O) groups is 3. The SMILES string of the molecule is COc1ccc(/C(O)=C2\C(=O)C(=O)N(c3nc4ccc(C(=O)O)cc4[nH]3)C2c2ccc(O)cc2)cc1Br. The summed E-state index contributed by atoms with van der Waals surface area (Å²) >= 11 is 3.36. The van der Waals surface area contributed by atoms with E-state index in [2.05, 4.69) is 25.9 Å². The van der Waals surface area contributed by atoms with E-state index in [0.717, 1.165) is 4.90 Å². The number of fused-ring (bicyclic) bond motifs is 1. The molecule has 4 N–H and O–H groups in total. The molecule has 1 unspecified atom stereocenters. The Bertz CT molecular complexity index is 1630. The van der Waals surface area contributed by atoms with E-state index in [1.165, 1.54) is 49.6 Å². The number of ether oxygens (including phenoxy) is 1. The fourth-order valence-corrected chi connectivity index (χ4v) is 4.78. The average Bonchev–Trinajstić information content (AvgIpc) is 3.41. The molecule has 0 saturated carbocycles. The summed E-state index contributed by atoms with van der Waals surface area (Å²) in [6.45, 7) is 0. The maximum atomic E-state index is 13.3. The van der Waals surface area contributed by atoms with Crippen molar-refractivity contribution in [2.24, 2.45) is 0 Å². The standard InChI is InChI=1S/C26H18BrN3O7/c1-37-19-9-5-13(10-16(19)27)22(32)20-21(12-2-6-15(31)7-3-12)30(24(34)23(20)33)26-28-17-8-4-14(25(35)36)11-18(17)29-26/h2-11,21,31-32H,1H3,(H,28,29)(H,35,36)/b22-20+. The molecule has 37 heavy (non-hydrogen) atoms. The lowest BCUT2D eigenvalue weighted by Gasteiger charge is -2.23. The van der Waals surface area contributed by atoms with Gasteiger partial charge in [0.15, 0.2) is 0 Å². The van der Waals surface area contributed by atoms with Crippen LogP contribution in [0.2, 0.25) is 0 Å². The molecule has 1 aliphatic rings. The first kappa shape index (κ1) is 24.1. The number of aromatic amines is 1. The van der Waals surface area contributed by atoms with Crippen molar-refractivity contribution in [3.8, 4) is 11.5 Å². The highest BCUT2D eigenvalue weighted by Gasteiger charge is 2.48. The van der Waals surface area contributed by atoms with Gasteiger partial charge >= 0.3 is 11.9 Å². The number of nitrogens with one attached hydrogen (secondary N) is 1. The van der Waals surface area contributed by atoms with Crippen LogP contribution in [-0.4, -0.2) is 50.1 Å². The molecule has 1 aliphatic heterocycles. The van der Waals surface area contributed by atoms with Crippen LogP contribution in [0.4, 0.5) is 5.95 Å². The first-order valence-corrected chi connectivity index (χ1v) is 11.7. The number of aliphatic hydroxyl groups excluding tert-OH is 1. The number of imidazole rings is 1. The van der Waals surface area contributed by atoms with Gasteiger partial charge in [0, 0.05) is 5.56 Å². The molecule has 1 atom stereocenters. The summed E-state index contributed by atoms with van der Waals surface area (Å²) in [4.78, 5) is 46.4. The molecular weight excluding hydrogens is 546 g/mol. The van der Waals surface area contributed by atoms with Crippen LogP contribution in [0.3, 0.4) is 0 Å². The molecule has 2 heterocycles. The van der Waals surface area contributed by atoms with Crippen molar-refractivity contribution in [2.75, 3.05) is 12.0 Å². The number of carbonyl (C=O) groups excluding carboxylic acids is 2. The van der Waals surface area contributed by atoms with E-state index >= 15 is 0 Å². The Kier molecular flexibility index (Phi) is 5.92. The molecule has 11 heteroatoms. The lowest BCUT2D eigenvalue weighted by Crippen LogP contribution is -2.30. The average molecular weight is 564 g/mol. The number of anilines is 1. The van der Waals surface area contributed by atoms with Crippen LogP contribution < -0.4 is 9.64 Å². The molecule has 0 aliphatic carbocycles. The molecule has 1 saturated heterocycles. The summed E-state index contributed by atoms with van der Waals surface area (Å²) in [5, 5.41) is 30.4. The van der Waals surface area contributed by atoms with Gasteiger partial charge in [-0.3, -0.25) is 14.5 Å². The summed E-state index contributed by atoms with van der Waals surface area (Å²) in [5.74, 6) is -2.94. The zero-order valence-corrected chi connectivity index (χ0v) is 20.7. The minimum Gasteiger partial charge on any atom is -0.508 e. The predicted molar refractivity (Wildman–Crippen MR) is 137 cm³/mol. The number of ketones is 1. The third kappa shape index (κ3) is 4.08. The van der Waals surface area contributed by atoms with Crippen LogP contribution in [0.15, 0.2) is 70.7 Å². The van der Waals surface area contributed by atoms with Gasteiger partial charge in [-0.15, -0.1) is 0 Å². The number of methoxy groups -OCH3 is 1. The smallest absolute Gasteiger partial charge is 0.335 e. The van der Waals surface area contributed by atoms with Crippen LogP contribution in [0, 0.1) is 0 Å². The topological polar surface area (TPSA) is 153 Å². The Morgan fingerprint density at radius 2 is 1.73 bits per heavy atom. The second-order valence-electron chi connectivity index (χ2n) is 8.21. The first-order valence-electron chi connectivity index (χ1n) is 10.9. The molecule has 1 aromatic heterocycles. The first-order chi connectivity index (χ1) is 17.7. The van der Waals surface area contributed by atoms with Gasteiger partial charge in [0.1, 0.15) is 17.3 Å². The summed E-state index contributed by atoms with van der Waals surface area (Å²) in [6.07, 6.45) is 0. The summed E-state index contributed by atoms with van der Waals surface area (Å²) in [7, 11) is 1.49. The number of aromatic nitrogens is 2. The number of phenolic OH excluding ortho intramolecular Hbond substituents is 1. The Morgan fingerprint density at radius 3 is 2.38 bits per heavy atom. The Balaban J connectivity index is 1.71. The van der Waals surface area contributed by atoms with Crippen LogP contribution >= 0.6 is 15.9 Å². The van der Waals surface area contributed by atoms with E-state index in [4.69, 9.17) is 4.74 Å². The number of halogens is 1. The molecular formula is C26H18BrN3O7. The molecule has 3 aromatic carbocycles. The third-order valence-corrected chi connectivity index (χ3v) is 6.64. The van der Waals surface area contributed by atoms with Crippen molar-refractivity contribution in [3.05, 3.63) is 87.4 Å². The number of aliphatic hydroxyl groups is 1. The zero-order chi connectivity index (χ0) is 26.4. The van der Waals surface area contributed by atoms with Crippen molar-refractivity contribution in [3.63, 3.8) is 0 Å². The fourth-order valence-electron chi connectivity index (χ4n) is 4.24. The number of nitrogens with zero attached hydrogens (tertiary/aromatic N) is 2. The van der Waals surface area contributed by atoms with Gasteiger partial charge in [-0.1, -0.05) is 12.1 Å². The van der Waals surface area contributed by atoms with Crippen molar-refractivity contribution < 1.29 is 34.4 Å². The van der Waals surface area contributed by atoms with Crippen molar-refractivity contribution in [1.82, 2.24) is 9.97 Å². The van der Waals surface area contributed by atoms with E-state index in [1.807, 2.05) is 0 Å². The van der Waals surface area contributed by atoms with E-state index in [-0.39, 0.29) is 28.4 Å². The van der Waals surface area contributed by atoms with Crippen molar-refractivity contribution >= 4 is 56.3 Å². The molecule has 1 amide bonds. The van der Waals surface area contributed by atoms with Gasteiger partial charge in [-0.2, -0.15) is 0 Å². The van der Waals surface area contributed by atoms with E-state index in [0.29, 0.717) is 26.8 Å². The van der Waals surface area contributed by atoms with E-state index < -0.39 is 29.5 Å². The number of aromatic hydroxyl groups is 1. The summed E-state index contributed by atoms with van der Waals surface area (Å²) in [5.41, 5.74) is 1.26. The van der Waals surface area contributed by atoms with Gasteiger partial charge in [0.25, 0.3) is 5.78 Å². The molecule has 0 spiro atoms. The summed E-state index contributed by atoms with van der Waals surface area (Å²) < 4.78 is 5.75. The molecule has 10 nitrogen and oxygen atoms in total. The van der Waals surface area contributed by atoms with E-state index in [9.17, 15) is 29.7 Å². The predicted octanol–water partition coefficient (Wildman–Crippen LogP) is 4.36. The number of phenols is 1. The Labute approximate surface area is 217 Å². The van der Waals surface area contributed by atoms with Gasteiger partial charge in [0.05, 0.1) is 39.8 Å². The van der Waals surface area contributed by atoms with Crippen LogP contribution in [0.5, 0.6) is 11.5 Å². The lowest BCUT2D eigenvalue weighted by atomic mass is 9.95. The number of H-pyrrole nitrogens is 1. The highest BCUT2D eigenvalue weighted by Crippen LogP contribution is 2.42. The monoisotopic (exact) mass is 563 g/mol. The van der Waals surface area contributed by atoms with Crippen molar-refractivity contribution in [1.29, 1.82) is 0 Å². The largest absolute Gasteiger partial charge is 0.508 e. The second-order valence-corrected chi connectivity index (χ2v) is 9.06. The number of amides is 1. The number of Topliss-reactive ketones (excluding diaryl/α,β-unsaturated/α-hetero) is 1. The molecule has 0 radical (unpaired) electrons. The van der Waals surface area contributed by atoms with Crippen LogP contribution in [0.1, 0.15) is 27.5 Å². The number of aromatic carboxylic acids is 1. The van der Waals surface area contributed by atoms with Crippen LogP contribution in [-0.2, 0) is 9.59 Å². The maximum Gasteiger partial charge on any atom is 0.335 e. The molecule has 4 aromatic rings. The maximum absolute atomic E-state index is 13.3. The van der Waals surface area contributed by atoms with Gasteiger partial charge in [0.2, 0.25) is 5.95 Å². The zero-order valence-electron chi connectivity index (χ0n) is 19.1. The molecule has 1 fully saturated rings. The molecule has 186 valence electrons. The van der Waals surface area contributed by atoms with Gasteiger partial charge in [-0.05, 0) is 70.0 Å². The van der Waals surface area contributed by atoms with Gasteiger partial charge < -0.3 is 25.0 Å². The number of benzene rings is 3. The second kappa shape index (κ2) is 9.10. The minimum atomic E-state index is -1.13.